The minimum Gasteiger partial charge on any atom is -0.377 e. The molecule has 3 heteroatoms. The van der Waals surface area contributed by atoms with Crippen LogP contribution in [0.2, 0.25) is 0 Å². The van der Waals surface area contributed by atoms with Gasteiger partial charge in [-0.2, -0.15) is 12.6 Å². The van der Waals surface area contributed by atoms with Crippen LogP contribution in [0.1, 0.15) is 40.0 Å². The van der Waals surface area contributed by atoms with Crippen molar-refractivity contribution in [1.29, 1.82) is 0 Å². The summed E-state index contributed by atoms with van der Waals surface area (Å²) in [7, 11) is 0. The second-order valence-electron chi connectivity index (χ2n) is 5.14. The maximum absolute atomic E-state index is 5.69. The summed E-state index contributed by atoms with van der Waals surface area (Å²) in [5.74, 6) is 0.992. The molecule has 0 spiro atoms. The maximum Gasteiger partial charge on any atom is 0.0673 e. The van der Waals surface area contributed by atoms with E-state index in [1.54, 1.807) is 0 Å². The molecule has 0 radical (unpaired) electrons. The zero-order valence-electron chi connectivity index (χ0n) is 11.0. The Kier molecular flexibility index (Phi) is 6.16. The standard InChI is InChI=1S/C13H27NOS/c1-4-13(5-2,11-16)10-14-7-6-8-15-12(3)9-14/h12,16H,4-11H2,1-3H3. The van der Waals surface area contributed by atoms with Crippen molar-refractivity contribution in [2.45, 2.75) is 46.1 Å². The third kappa shape index (κ3) is 3.94. The van der Waals surface area contributed by atoms with E-state index in [1.807, 2.05) is 0 Å². The highest BCUT2D eigenvalue weighted by molar-refractivity contribution is 7.80. The predicted octanol–water partition coefficient (Wildman–Crippen LogP) is 2.83. The van der Waals surface area contributed by atoms with E-state index in [2.05, 4.69) is 38.3 Å². The second-order valence-corrected chi connectivity index (χ2v) is 5.45. The molecule has 2 nitrogen and oxygen atoms in total. The number of nitrogens with zero attached hydrogens (tertiary/aromatic N) is 1. The van der Waals surface area contributed by atoms with E-state index in [4.69, 9.17) is 4.74 Å². The van der Waals surface area contributed by atoms with Crippen molar-refractivity contribution in [1.82, 2.24) is 4.90 Å². The Bertz CT molecular complexity index is 186. The van der Waals surface area contributed by atoms with Crippen LogP contribution in [0.5, 0.6) is 0 Å². The van der Waals surface area contributed by atoms with Gasteiger partial charge in [0, 0.05) is 26.2 Å². The molecule has 16 heavy (non-hydrogen) atoms. The van der Waals surface area contributed by atoms with Crippen molar-refractivity contribution in [2.24, 2.45) is 5.41 Å². The fourth-order valence-corrected chi connectivity index (χ4v) is 2.99. The van der Waals surface area contributed by atoms with Crippen molar-refractivity contribution in [3.8, 4) is 0 Å². The molecule has 0 aromatic rings. The topological polar surface area (TPSA) is 12.5 Å². The van der Waals surface area contributed by atoms with Crippen LogP contribution in [-0.2, 0) is 4.74 Å². The van der Waals surface area contributed by atoms with Gasteiger partial charge in [-0.15, -0.1) is 0 Å². The molecule has 96 valence electrons. The largest absolute Gasteiger partial charge is 0.377 e. The molecule has 1 heterocycles. The third-order valence-corrected chi connectivity index (χ3v) is 4.60. The smallest absolute Gasteiger partial charge is 0.0673 e. The molecule has 1 aliphatic heterocycles. The number of ether oxygens (including phenoxy) is 1. The Balaban J connectivity index is 2.55. The van der Waals surface area contributed by atoms with Crippen molar-refractivity contribution in [3.05, 3.63) is 0 Å². The Morgan fingerprint density at radius 3 is 2.62 bits per heavy atom. The lowest BCUT2D eigenvalue weighted by atomic mass is 9.83. The SMILES string of the molecule is CCC(CC)(CS)CN1CCCOC(C)C1. The molecular weight excluding hydrogens is 218 g/mol. The van der Waals surface area contributed by atoms with Crippen LogP contribution in [0.4, 0.5) is 0 Å². The zero-order chi connectivity index (χ0) is 12.0. The first-order valence-electron chi connectivity index (χ1n) is 6.60. The molecular formula is C13H27NOS. The molecule has 0 amide bonds. The van der Waals surface area contributed by atoms with Crippen LogP contribution in [0.25, 0.3) is 0 Å². The van der Waals surface area contributed by atoms with E-state index >= 15 is 0 Å². The lowest BCUT2D eigenvalue weighted by Gasteiger charge is -2.36. The van der Waals surface area contributed by atoms with Crippen LogP contribution in [0.15, 0.2) is 0 Å². The molecule has 0 N–H and O–H groups in total. The summed E-state index contributed by atoms with van der Waals surface area (Å²) in [5, 5.41) is 0. The summed E-state index contributed by atoms with van der Waals surface area (Å²) in [6.45, 7) is 11.1. The van der Waals surface area contributed by atoms with Crippen LogP contribution in [0.3, 0.4) is 0 Å². The minimum absolute atomic E-state index is 0.383. The molecule has 1 saturated heterocycles. The molecule has 0 aromatic carbocycles. The van der Waals surface area contributed by atoms with Gasteiger partial charge in [0.2, 0.25) is 0 Å². The van der Waals surface area contributed by atoms with Crippen molar-refractivity contribution in [3.63, 3.8) is 0 Å². The fourth-order valence-electron chi connectivity index (χ4n) is 2.45. The average molecular weight is 245 g/mol. The molecule has 0 aromatic heterocycles. The van der Waals surface area contributed by atoms with Gasteiger partial charge in [0.25, 0.3) is 0 Å². The minimum atomic E-state index is 0.383. The number of hydrogen-bond acceptors (Lipinski definition) is 3. The molecule has 0 aliphatic carbocycles. The first-order chi connectivity index (χ1) is 7.65. The zero-order valence-corrected chi connectivity index (χ0v) is 11.9. The highest BCUT2D eigenvalue weighted by Gasteiger charge is 2.28. The molecule has 0 saturated carbocycles. The maximum atomic E-state index is 5.69. The summed E-state index contributed by atoms with van der Waals surface area (Å²) in [5.41, 5.74) is 0.396. The van der Waals surface area contributed by atoms with Crippen molar-refractivity contribution in [2.75, 3.05) is 32.0 Å². The summed E-state index contributed by atoms with van der Waals surface area (Å²) in [6, 6.07) is 0. The van der Waals surface area contributed by atoms with Gasteiger partial charge in [0.05, 0.1) is 6.10 Å². The second kappa shape index (κ2) is 6.87. The molecule has 1 fully saturated rings. The monoisotopic (exact) mass is 245 g/mol. The first kappa shape index (κ1) is 14.3. The van der Waals surface area contributed by atoms with Crippen molar-refractivity contribution < 1.29 is 4.74 Å². The van der Waals surface area contributed by atoms with E-state index in [-0.39, 0.29) is 0 Å². The summed E-state index contributed by atoms with van der Waals surface area (Å²) in [6.07, 6.45) is 3.99. The van der Waals surface area contributed by atoms with Gasteiger partial charge < -0.3 is 9.64 Å². The molecule has 0 bridgehead atoms. The van der Waals surface area contributed by atoms with Crippen LogP contribution in [-0.4, -0.2) is 43.0 Å². The van der Waals surface area contributed by atoms with Gasteiger partial charge in [0.1, 0.15) is 0 Å². The number of hydrogen-bond donors (Lipinski definition) is 1. The quantitative estimate of drug-likeness (QED) is 0.748. The Morgan fingerprint density at radius 2 is 2.06 bits per heavy atom. The highest BCUT2D eigenvalue weighted by atomic mass is 32.1. The predicted molar refractivity (Wildman–Crippen MR) is 73.3 cm³/mol. The van der Waals surface area contributed by atoms with E-state index in [9.17, 15) is 0 Å². The Labute approximate surface area is 106 Å². The summed E-state index contributed by atoms with van der Waals surface area (Å²) < 4.78 is 5.69. The third-order valence-electron chi connectivity index (χ3n) is 3.93. The fraction of sp³-hybridized carbons (Fsp3) is 1.00. The van der Waals surface area contributed by atoms with E-state index in [0.717, 1.165) is 18.9 Å². The highest BCUT2D eigenvalue weighted by Crippen LogP contribution is 2.29. The van der Waals surface area contributed by atoms with E-state index < -0.39 is 0 Å². The summed E-state index contributed by atoms with van der Waals surface area (Å²) >= 11 is 4.55. The van der Waals surface area contributed by atoms with E-state index in [1.165, 1.54) is 32.4 Å². The van der Waals surface area contributed by atoms with Gasteiger partial charge in [-0.3, -0.25) is 0 Å². The Hall–Kier alpha value is 0.270. The normalized spacial score (nSPS) is 24.4. The van der Waals surface area contributed by atoms with Crippen LogP contribution in [0, 0.1) is 5.41 Å². The van der Waals surface area contributed by atoms with Gasteiger partial charge >= 0.3 is 0 Å². The van der Waals surface area contributed by atoms with Gasteiger partial charge in [0.15, 0.2) is 0 Å². The molecule has 1 rings (SSSR count). The molecule has 1 aliphatic rings. The van der Waals surface area contributed by atoms with Crippen LogP contribution < -0.4 is 0 Å². The number of rotatable bonds is 5. The van der Waals surface area contributed by atoms with Gasteiger partial charge in [-0.25, -0.2) is 0 Å². The summed E-state index contributed by atoms with van der Waals surface area (Å²) in [4.78, 5) is 2.57. The Morgan fingerprint density at radius 1 is 1.38 bits per heavy atom. The first-order valence-corrected chi connectivity index (χ1v) is 7.24. The number of thiol groups is 1. The van der Waals surface area contributed by atoms with E-state index in [0.29, 0.717) is 11.5 Å². The van der Waals surface area contributed by atoms with Crippen molar-refractivity contribution >= 4 is 12.6 Å². The average Bonchev–Trinajstić information content (AvgIpc) is 2.50. The van der Waals surface area contributed by atoms with Crippen LogP contribution >= 0.6 is 12.6 Å². The lowest BCUT2D eigenvalue weighted by Crippen LogP contribution is -2.41. The van der Waals surface area contributed by atoms with Gasteiger partial charge in [-0.1, -0.05) is 13.8 Å². The molecule has 1 atom stereocenters. The van der Waals surface area contributed by atoms with Gasteiger partial charge in [-0.05, 0) is 37.4 Å². The molecule has 1 unspecified atom stereocenters. The lowest BCUT2D eigenvalue weighted by molar-refractivity contribution is 0.0600.